The SMILES string of the molecule is Cc1noc(-c2ncn3c2cnc2ccccc23)n1. The number of para-hydroxylation sites is 2. The highest BCUT2D eigenvalue weighted by atomic mass is 16.5. The van der Waals surface area contributed by atoms with Crippen molar-refractivity contribution in [2.24, 2.45) is 0 Å². The number of aromatic nitrogens is 5. The minimum Gasteiger partial charge on any atom is -0.332 e. The van der Waals surface area contributed by atoms with Crippen LogP contribution < -0.4 is 0 Å². The molecule has 0 unspecified atom stereocenters. The van der Waals surface area contributed by atoms with Crippen LogP contribution in [0.15, 0.2) is 41.3 Å². The Balaban J connectivity index is 2.07. The molecular weight excluding hydrogens is 242 g/mol. The van der Waals surface area contributed by atoms with Gasteiger partial charge in [0.2, 0.25) is 0 Å². The Labute approximate surface area is 107 Å². The first-order valence-corrected chi connectivity index (χ1v) is 5.84. The minimum absolute atomic E-state index is 0.414. The zero-order valence-corrected chi connectivity index (χ0v) is 10.1. The Bertz CT molecular complexity index is 892. The van der Waals surface area contributed by atoms with Crippen LogP contribution in [0.3, 0.4) is 0 Å². The third-order valence-electron chi connectivity index (χ3n) is 3.00. The minimum atomic E-state index is 0.414. The fraction of sp³-hybridized carbons (Fsp3) is 0.0769. The van der Waals surface area contributed by atoms with E-state index in [0.717, 1.165) is 16.6 Å². The Morgan fingerprint density at radius 1 is 1.11 bits per heavy atom. The molecule has 19 heavy (non-hydrogen) atoms. The Morgan fingerprint density at radius 2 is 2.00 bits per heavy atom. The molecule has 0 spiro atoms. The molecule has 4 rings (SSSR count). The summed E-state index contributed by atoms with van der Waals surface area (Å²) < 4.78 is 7.13. The van der Waals surface area contributed by atoms with Crippen molar-refractivity contribution in [1.29, 1.82) is 0 Å². The lowest BCUT2D eigenvalue weighted by atomic mass is 10.3. The summed E-state index contributed by atoms with van der Waals surface area (Å²) in [6.07, 6.45) is 3.51. The summed E-state index contributed by atoms with van der Waals surface area (Å²) in [6.45, 7) is 1.78. The number of rotatable bonds is 1. The Hall–Kier alpha value is -2.76. The van der Waals surface area contributed by atoms with Gasteiger partial charge in [-0.05, 0) is 19.1 Å². The first-order valence-electron chi connectivity index (χ1n) is 5.84. The second kappa shape index (κ2) is 3.61. The standard InChI is InChI=1S/C13H9N5O/c1-8-16-13(19-17-8)12-11-6-14-9-4-2-3-5-10(9)18(11)7-15-12/h2-7H,1H3. The van der Waals surface area contributed by atoms with Gasteiger partial charge in [-0.2, -0.15) is 4.98 Å². The van der Waals surface area contributed by atoms with Gasteiger partial charge in [-0.15, -0.1) is 0 Å². The molecule has 6 heteroatoms. The fourth-order valence-electron chi connectivity index (χ4n) is 2.14. The highest BCUT2D eigenvalue weighted by molar-refractivity contribution is 5.82. The van der Waals surface area contributed by atoms with Crippen molar-refractivity contribution in [1.82, 2.24) is 24.5 Å². The molecule has 0 saturated heterocycles. The van der Waals surface area contributed by atoms with Crippen LogP contribution in [0.4, 0.5) is 0 Å². The number of fused-ring (bicyclic) bond motifs is 3. The van der Waals surface area contributed by atoms with Gasteiger partial charge in [-0.3, -0.25) is 9.38 Å². The van der Waals surface area contributed by atoms with Gasteiger partial charge in [-0.1, -0.05) is 17.3 Å². The normalized spacial score (nSPS) is 11.4. The molecule has 0 radical (unpaired) electrons. The van der Waals surface area contributed by atoms with Crippen LogP contribution in [0.25, 0.3) is 28.1 Å². The van der Waals surface area contributed by atoms with Gasteiger partial charge in [0.1, 0.15) is 6.33 Å². The molecule has 0 saturated carbocycles. The van der Waals surface area contributed by atoms with E-state index in [0.29, 0.717) is 17.4 Å². The van der Waals surface area contributed by atoms with Gasteiger partial charge in [0.05, 0.1) is 22.7 Å². The predicted octanol–water partition coefficient (Wildman–Crippen LogP) is 2.24. The van der Waals surface area contributed by atoms with Gasteiger partial charge in [0.25, 0.3) is 5.89 Å². The van der Waals surface area contributed by atoms with Crippen molar-refractivity contribution in [2.45, 2.75) is 6.92 Å². The van der Waals surface area contributed by atoms with E-state index in [4.69, 9.17) is 4.52 Å². The Kier molecular flexibility index (Phi) is 1.94. The molecule has 0 bridgehead atoms. The maximum Gasteiger partial charge on any atom is 0.278 e. The second-order valence-electron chi connectivity index (χ2n) is 4.24. The summed E-state index contributed by atoms with van der Waals surface area (Å²) in [5.74, 6) is 1.00. The maximum absolute atomic E-state index is 5.16. The van der Waals surface area contributed by atoms with Crippen molar-refractivity contribution in [2.75, 3.05) is 0 Å². The number of hydrogen-bond donors (Lipinski definition) is 0. The quantitative estimate of drug-likeness (QED) is 0.519. The average Bonchev–Trinajstić information content (AvgIpc) is 3.04. The van der Waals surface area contributed by atoms with Gasteiger partial charge in [0.15, 0.2) is 11.5 Å². The van der Waals surface area contributed by atoms with Crippen LogP contribution in [0, 0.1) is 6.92 Å². The predicted molar refractivity (Wildman–Crippen MR) is 68.5 cm³/mol. The largest absolute Gasteiger partial charge is 0.332 e. The summed E-state index contributed by atoms with van der Waals surface area (Å²) in [5.41, 5.74) is 3.41. The lowest BCUT2D eigenvalue weighted by molar-refractivity contribution is 0.425. The summed E-state index contributed by atoms with van der Waals surface area (Å²) in [5, 5.41) is 3.79. The Morgan fingerprint density at radius 3 is 2.84 bits per heavy atom. The molecule has 3 aromatic heterocycles. The molecule has 0 aliphatic heterocycles. The van der Waals surface area contributed by atoms with Gasteiger partial charge in [-0.25, -0.2) is 4.98 Å². The van der Waals surface area contributed by atoms with E-state index < -0.39 is 0 Å². The van der Waals surface area contributed by atoms with E-state index >= 15 is 0 Å². The number of nitrogens with zero attached hydrogens (tertiary/aromatic N) is 5. The van der Waals surface area contributed by atoms with Crippen LogP contribution >= 0.6 is 0 Å². The van der Waals surface area contributed by atoms with Crippen molar-refractivity contribution in [3.8, 4) is 11.6 Å². The van der Waals surface area contributed by atoms with Crippen molar-refractivity contribution >= 4 is 16.6 Å². The third kappa shape index (κ3) is 1.43. The van der Waals surface area contributed by atoms with Crippen molar-refractivity contribution < 1.29 is 4.52 Å². The molecule has 0 amide bonds. The number of benzene rings is 1. The zero-order valence-electron chi connectivity index (χ0n) is 10.1. The van der Waals surface area contributed by atoms with E-state index in [2.05, 4.69) is 20.1 Å². The molecule has 0 aliphatic carbocycles. The smallest absolute Gasteiger partial charge is 0.278 e. The van der Waals surface area contributed by atoms with Gasteiger partial charge in [0, 0.05) is 0 Å². The first-order chi connectivity index (χ1) is 9.33. The molecular formula is C13H9N5O. The van der Waals surface area contributed by atoms with Gasteiger partial charge < -0.3 is 4.52 Å². The molecule has 0 fully saturated rings. The van der Waals surface area contributed by atoms with E-state index in [1.54, 1.807) is 19.4 Å². The highest BCUT2D eigenvalue weighted by Crippen LogP contribution is 2.23. The van der Waals surface area contributed by atoms with Crippen LogP contribution in [0.1, 0.15) is 5.82 Å². The summed E-state index contributed by atoms with van der Waals surface area (Å²) in [7, 11) is 0. The van der Waals surface area contributed by atoms with Crippen LogP contribution in [-0.2, 0) is 0 Å². The number of hydrogen-bond acceptors (Lipinski definition) is 5. The topological polar surface area (TPSA) is 69.1 Å². The maximum atomic E-state index is 5.16. The van der Waals surface area contributed by atoms with Crippen molar-refractivity contribution in [3.05, 3.63) is 42.6 Å². The van der Waals surface area contributed by atoms with Crippen LogP contribution in [0.2, 0.25) is 0 Å². The van der Waals surface area contributed by atoms with Gasteiger partial charge >= 0.3 is 0 Å². The molecule has 0 aliphatic rings. The molecule has 92 valence electrons. The van der Waals surface area contributed by atoms with E-state index in [9.17, 15) is 0 Å². The van der Waals surface area contributed by atoms with E-state index in [-0.39, 0.29) is 0 Å². The van der Waals surface area contributed by atoms with E-state index in [1.807, 2.05) is 28.7 Å². The molecule has 1 aromatic carbocycles. The molecule has 6 nitrogen and oxygen atoms in total. The number of aryl methyl sites for hydroxylation is 1. The summed E-state index contributed by atoms with van der Waals surface area (Å²) >= 11 is 0. The zero-order chi connectivity index (χ0) is 12.8. The fourth-order valence-corrected chi connectivity index (χ4v) is 2.14. The molecule has 0 atom stereocenters. The summed E-state index contributed by atoms with van der Waals surface area (Å²) in [4.78, 5) is 13.0. The van der Waals surface area contributed by atoms with Crippen LogP contribution in [0.5, 0.6) is 0 Å². The first kappa shape index (κ1) is 10.2. The van der Waals surface area contributed by atoms with Crippen molar-refractivity contribution in [3.63, 3.8) is 0 Å². The van der Waals surface area contributed by atoms with Crippen LogP contribution in [-0.4, -0.2) is 24.5 Å². The molecule has 0 N–H and O–H groups in total. The lowest BCUT2D eigenvalue weighted by Crippen LogP contribution is -1.89. The van der Waals surface area contributed by atoms with E-state index in [1.165, 1.54) is 0 Å². The lowest BCUT2D eigenvalue weighted by Gasteiger charge is -2.00. The molecule has 4 aromatic rings. The molecule has 3 heterocycles. The highest BCUT2D eigenvalue weighted by Gasteiger charge is 2.14. The summed E-state index contributed by atoms with van der Waals surface area (Å²) in [6, 6.07) is 7.89. The monoisotopic (exact) mass is 251 g/mol. The average molecular weight is 251 g/mol. The number of imidazole rings is 1. The third-order valence-corrected chi connectivity index (χ3v) is 3.00. The second-order valence-corrected chi connectivity index (χ2v) is 4.24.